The summed E-state index contributed by atoms with van der Waals surface area (Å²) in [6.45, 7) is 1.37. The Bertz CT molecular complexity index is 608. The molecule has 3 saturated heterocycles. The standard InChI is InChI=1S/C15H20N4O3/c1-17-9-10(8-16-17)19-11-4-5-18(12(11)7-14(19)20)15(21)13-3-2-6-22-13/h8-9,11-13H,2-7H2,1H3/t11-,12+,13?/m1/s1. The van der Waals surface area contributed by atoms with Crippen LogP contribution >= 0.6 is 0 Å². The fourth-order valence-corrected chi connectivity index (χ4v) is 3.95. The van der Waals surface area contributed by atoms with Gasteiger partial charge in [0, 0.05) is 32.8 Å². The summed E-state index contributed by atoms with van der Waals surface area (Å²) in [6.07, 6.45) is 6.23. The fourth-order valence-electron chi connectivity index (χ4n) is 3.95. The van der Waals surface area contributed by atoms with Crippen molar-refractivity contribution in [2.24, 2.45) is 7.05 Å². The maximum atomic E-state index is 12.6. The smallest absolute Gasteiger partial charge is 0.252 e. The van der Waals surface area contributed by atoms with Crippen LogP contribution in [0.4, 0.5) is 5.69 Å². The Hall–Kier alpha value is -1.89. The highest BCUT2D eigenvalue weighted by molar-refractivity contribution is 5.98. The highest BCUT2D eigenvalue weighted by Gasteiger charge is 2.50. The number of aryl methyl sites for hydroxylation is 1. The monoisotopic (exact) mass is 304 g/mol. The molecule has 1 unspecified atom stereocenters. The first-order valence-electron chi connectivity index (χ1n) is 7.88. The van der Waals surface area contributed by atoms with Gasteiger partial charge in [-0.2, -0.15) is 5.10 Å². The van der Waals surface area contributed by atoms with Crippen molar-refractivity contribution in [1.29, 1.82) is 0 Å². The van der Waals surface area contributed by atoms with Crippen LogP contribution in [0.15, 0.2) is 12.4 Å². The van der Waals surface area contributed by atoms with Crippen LogP contribution in [0.25, 0.3) is 0 Å². The zero-order valence-electron chi connectivity index (χ0n) is 12.6. The van der Waals surface area contributed by atoms with E-state index in [4.69, 9.17) is 4.74 Å². The summed E-state index contributed by atoms with van der Waals surface area (Å²) in [4.78, 5) is 28.7. The number of hydrogen-bond acceptors (Lipinski definition) is 4. The van der Waals surface area contributed by atoms with Crippen molar-refractivity contribution >= 4 is 17.5 Å². The van der Waals surface area contributed by atoms with Crippen LogP contribution in [0.1, 0.15) is 25.7 Å². The summed E-state index contributed by atoms with van der Waals surface area (Å²) in [6, 6.07) is 0.0476. The molecule has 0 aromatic carbocycles. The Kier molecular flexibility index (Phi) is 3.18. The van der Waals surface area contributed by atoms with Gasteiger partial charge in [0.2, 0.25) is 5.91 Å². The zero-order chi connectivity index (χ0) is 15.3. The van der Waals surface area contributed by atoms with Crippen molar-refractivity contribution < 1.29 is 14.3 Å². The molecule has 2 amide bonds. The van der Waals surface area contributed by atoms with Gasteiger partial charge in [0.25, 0.3) is 5.91 Å². The van der Waals surface area contributed by atoms with E-state index in [9.17, 15) is 9.59 Å². The third kappa shape index (κ3) is 2.03. The molecule has 0 bridgehead atoms. The first-order chi connectivity index (χ1) is 10.6. The second-order valence-electron chi connectivity index (χ2n) is 6.30. The van der Waals surface area contributed by atoms with Gasteiger partial charge >= 0.3 is 0 Å². The second-order valence-corrected chi connectivity index (χ2v) is 6.30. The van der Waals surface area contributed by atoms with E-state index < -0.39 is 0 Å². The summed E-state index contributed by atoms with van der Waals surface area (Å²) >= 11 is 0. The van der Waals surface area contributed by atoms with Crippen molar-refractivity contribution in [3.63, 3.8) is 0 Å². The molecule has 0 saturated carbocycles. The van der Waals surface area contributed by atoms with Gasteiger partial charge < -0.3 is 14.5 Å². The Labute approximate surface area is 128 Å². The molecule has 3 aliphatic rings. The molecule has 0 spiro atoms. The Morgan fingerprint density at radius 2 is 2.23 bits per heavy atom. The van der Waals surface area contributed by atoms with Gasteiger partial charge in [0.05, 0.1) is 24.0 Å². The van der Waals surface area contributed by atoms with E-state index in [1.807, 2.05) is 23.0 Å². The molecule has 7 nitrogen and oxygen atoms in total. The number of carbonyl (C=O) groups is 2. The minimum Gasteiger partial charge on any atom is -0.368 e. The van der Waals surface area contributed by atoms with Crippen molar-refractivity contribution in [2.75, 3.05) is 18.1 Å². The first kappa shape index (κ1) is 13.8. The van der Waals surface area contributed by atoms with Crippen LogP contribution in [-0.2, 0) is 21.4 Å². The summed E-state index contributed by atoms with van der Waals surface area (Å²) < 4.78 is 7.21. The lowest BCUT2D eigenvalue weighted by Gasteiger charge is -2.26. The molecule has 118 valence electrons. The predicted molar refractivity (Wildman–Crippen MR) is 78.2 cm³/mol. The number of ether oxygens (including phenoxy) is 1. The van der Waals surface area contributed by atoms with Crippen LogP contribution in [0.3, 0.4) is 0 Å². The number of nitrogens with zero attached hydrogens (tertiary/aromatic N) is 4. The SMILES string of the molecule is Cn1cc(N2C(=O)C[C@H]3[C@H]2CCN3C(=O)C2CCCO2)cn1. The number of anilines is 1. The average molecular weight is 304 g/mol. The van der Waals surface area contributed by atoms with Crippen molar-refractivity contribution in [1.82, 2.24) is 14.7 Å². The molecule has 7 heteroatoms. The Morgan fingerprint density at radius 1 is 1.36 bits per heavy atom. The van der Waals surface area contributed by atoms with Crippen molar-refractivity contribution in [3.8, 4) is 0 Å². The maximum absolute atomic E-state index is 12.6. The summed E-state index contributed by atoms with van der Waals surface area (Å²) in [5.74, 6) is 0.138. The van der Waals surface area contributed by atoms with Gasteiger partial charge in [-0.05, 0) is 19.3 Å². The normalized spacial score (nSPS) is 31.1. The van der Waals surface area contributed by atoms with Crippen LogP contribution < -0.4 is 4.90 Å². The molecule has 4 heterocycles. The van der Waals surface area contributed by atoms with Gasteiger partial charge in [-0.25, -0.2) is 0 Å². The minimum atomic E-state index is -0.304. The molecule has 3 fully saturated rings. The molecular weight excluding hydrogens is 284 g/mol. The number of amides is 2. The summed E-state index contributed by atoms with van der Waals surface area (Å²) in [5.41, 5.74) is 0.825. The third-order valence-corrected chi connectivity index (χ3v) is 4.95. The molecule has 3 aliphatic heterocycles. The van der Waals surface area contributed by atoms with E-state index in [2.05, 4.69) is 5.10 Å². The van der Waals surface area contributed by atoms with E-state index in [1.165, 1.54) is 0 Å². The van der Waals surface area contributed by atoms with Gasteiger partial charge in [-0.15, -0.1) is 0 Å². The number of likely N-dealkylation sites (tertiary alicyclic amines) is 1. The number of aromatic nitrogens is 2. The topological polar surface area (TPSA) is 67.7 Å². The highest BCUT2D eigenvalue weighted by atomic mass is 16.5. The number of fused-ring (bicyclic) bond motifs is 1. The second kappa shape index (κ2) is 5.08. The molecule has 0 aliphatic carbocycles. The minimum absolute atomic E-state index is 0.0237. The fraction of sp³-hybridized carbons (Fsp3) is 0.667. The zero-order valence-corrected chi connectivity index (χ0v) is 12.6. The van der Waals surface area contributed by atoms with Gasteiger partial charge in [0.1, 0.15) is 6.10 Å². The van der Waals surface area contributed by atoms with Crippen molar-refractivity contribution in [2.45, 2.75) is 43.9 Å². The molecule has 4 rings (SSSR count). The van der Waals surface area contributed by atoms with E-state index in [0.717, 1.165) is 24.9 Å². The lowest BCUT2D eigenvalue weighted by molar-refractivity contribution is -0.141. The lowest BCUT2D eigenvalue weighted by Crippen LogP contribution is -2.44. The van der Waals surface area contributed by atoms with Gasteiger partial charge in [-0.1, -0.05) is 0 Å². The van der Waals surface area contributed by atoms with Gasteiger partial charge in [-0.3, -0.25) is 14.3 Å². The van der Waals surface area contributed by atoms with Crippen molar-refractivity contribution in [3.05, 3.63) is 12.4 Å². The predicted octanol–water partition coefficient (Wildman–Crippen LogP) is 0.305. The maximum Gasteiger partial charge on any atom is 0.252 e. The van der Waals surface area contributed by atoms with Crippen LogP contribution in [0.2, 0.25) is 0 Å². The molecular formula is C15H20N4O3. The van der Waals surface area contributed by atoms with E-state index in [-0.39, 0.29) is 30.0 Å². The number of carbonyl (C=O) groups excluding carboxylic acids is 2. The molecule has 22 heavy (non-hydrogen) atoms. The Morgan fingerprint density at radius 3 is 2.91 bits per heavy atom. The summed E-state index contributed by atoms with van der Waals surface area (Å²) in [5, 5.41) is 4.15. The van der Waals surface area contributed by atoms with Crippen LogP contribution in [-0.4, -0.2) is 57.8 Å². The highest BCUT2D eigenvalue weighted by Crippen LogP contribution is 2.36. The quantitative estimate of drug-likeness (QED) is 0.788. The van der Waals surface area contributed by atoms with Crippen LogP contribution in [0.5, 0.6) is 0 Å². The molecule has 0 N–H and O–H groups in total. The van der Waals surface area contributed by atoms with E-state index in [1.54, 1.807) is 10.9 Å². The number of hydrogen-bond donors (Lipinski definition) is 0. The average Bonchev–Trinajstić information content (AvgIpc) is 3.22. The molecule has 0 radical (unpaired) electrons. The van der Waals surface area contributed by atoms with E-state index in [0.29, 0.717) is 19.6 Å². The molecule has 1 aromatic rings. The van der Waals surface area contributed by atoms with Crippen LogP contribution in [0, 0.1) is 0 Å². The first-order valence-corrected chi connectivity index (χ1v) is 7.88. The lowest BCUT2D eigenvalue weighted by atomic mass is 10.1. The molecule has 3 atom stereocenters. The van der Waals surface area contributed by atoms with E-state index >= 15 is 0 Å². The molecule has 1 aromatic heterocycles. The summed E-state index contributed by atoms with van der Waals surface area (Å²) in [7, 11) is 1.84. The van der Waals surface area contributed by atoms with Gasteiger partial charge in [0.15, 0.2) is 0 Å². The Balaban J connectivity index is 1.55. The third-order valence-electron chi connectivity index (χ3n) is 4.95. The number of rotatable bonds is 2. The largest absolute Gasteiger partial charge is 0.368 e.